The average molecular weight is 693 g/mol. The summed E-state index contributed by atoms with van der Waals surface area (Å²) < 4.78 is 3.58. The highest BCUT2D eigenvalue weighted by Crippen LogP contribution is 2.26. The molecule has 1 unspecified atom stereocenters. The number of H-pyrrole nitrogens is 1. The van der Waals surface area contributed by atoms with Gasteiger partial charge in [-0.2, -0.15) is 0 Å². The van der Waals surface area contributed by atoms with Gasteiger partial charge in [-0.1, -0.05) is 78.6 Å². The van der Waals surface area contributed by atoms with Crippen LogP contribution in [0.5, 0.6) is 0 Å². The molecule has 9 heteroatoms. The third-order valence-electron chi connectivity index (χ3n) is 6.32. The molecule has 7 nitrogen and oxygen atoms in total. The van der Waals surface area contributed by atoms with Gasteiger partial charge in [0.15, 0.2) is 0 Å². The molecule has 3 atom stereocenters. The van der Waals surface area contributed by atoms with Crippen molar-refractivity contribution >= 4 is 51.7 Å². The van der Waals surface area contributed by atoms with Crippen LogP contribution < -0.4 is 11.1 Å². The zero-order valence-electron chi connectivity index (χ0n) is 20.1. The fraction of sp³-hybridized carbons (Fsp3) is 0.520. The van der Waals surface area contributed by atoms with Crippen molar-refractivity contribution < 1.29 is 9.59 Å². The van der Waals surface area contributed by atoms with Crippen LogP contribution in [-0.2, 0) is 29.0 Å². The Morgan fingerprint density at radius 1 is 1.35 bits per heavy atom. The number of nitrogens with two attached hydrogens (primary N) is 1. The molecule has 3 rings (SSSR count). The number of nitrogens with one attached hydrogen (secondary N) is 2. The summed E-state index contributed by atoms with van der Waals surface area (Å²) in [6.07, 6.45) is 8.78. The monoisotopic (exact) mass is 693 g/mol. The van der Waals surface area contributed by atoms with Crippen molar-refractivity contribution in [2.45, 2.75) is 71.0 Å². The van der Waals surface area contributed by atoms with Gasteiger partial charge in [-0.05, 0) is 48.5 Å². The van der Waals surface area contributed by atoms with Gasteiger partial charge < -0.3 is 16.0 Å². The summed E-state index contributed by atoms with van der Waals surface area (Å²) in [7, 11) is 0. The van der Waals surface area contributed by atoms with Crippen LogP contribution in [0.3, 0.4) is 0 Å². The molecule has 1 aromatic heterocycles. The van der Waals surface area contributed by atoms with Gasteiger partial charge in [-0.15, -0.1) is 0 Å². The van der Waals surface area contributed by atoms with Gasteiger partial charge in [-0.25, -0.2) is 4.98 Å². The number of benzene rings is 1. The van der Waals surface area contributed by atoms with Gasteiger partial charge in [0.2, 0.25) is 11.8 Å². The molecule has 1 aliphatic rings. The first kappa shape index (κ1) is 28.9. The molecule has 0 saturated carbocycles. The Balaban J connectivity index is 0.00000129. The number of carbonyl (C=O) groups excluding carboxylic acids is 2. The molecule has 0 fully saturated rings. The van der Waals surface area contributed by atoms with E-state index in [2.05, 4.69) is 75.4 Å². The predicted octanol–water partition coefficient (Wildman–Crippen LogP) is 4.30. The zero-order valence-corrected chi connectivity index (χ0v) is 24.4. The second-order valence-corrected chi connectivity index (χ2v) is 13.1. The molecular formula is C25H37I2N5O2. The van der Waals surface area contributed by atoms with Crippen molar-refractivity contribution in [1.29, 1.82) is 0 Å². The van der Waals surface area contributed by atoms with Crippen LogP contribution >= 0.6 is 35.4 Å². The van der Waals surface area contributed by atoms with Gasteiger partial charge in [0.05, 0.1) is 12.4 Å². The minimum Gasteiger partial charge on any atom is -0.368 e. The lowest BCUT2D eigenvalue weighted by molar-refractivity contribution is -0.131. The van der Waals surface area contributed by atoms with Crippen LogP contribution in [0.2, 0.25) is 0 Å². The minimum absolute atomic E-state index is 0.136. The number of aromatic nitrogens is 2. The molecule has 0 spiro atoms. The quantitative estimate of drug-likeness (QED) is 0.306. The molecule has 0 bridgehead atoms. The van der Waals surface area contributed by atoms with Crippen LogP contribution in [0.25, 0.3) is 0 Å². The van der Waals surface area contributed by atoms with Crippen molar-refractivity contribution in [2.24, 2.45) is 11.7 Å². The number of carbonyl (C=O) groups is 2. The van der Waals surface area contributed by atoms with Crippen molar-refractivity contribution in [2.75, 3.05) is 6.54 Å². The van der Waals surface area contributed by atoms with Crippen molar-refractivity contribution in [1.82, 2.24) is 20.2 Å². The normalized spacial score (nSPS) is 17.1. The summed E-state index contributed by atoms with van der Waals surface area (Å²) in [5.41, 5.74) is 8.84. The maximum Gasteiger partial charge on any atom is 0.240 e. The molecule has 1 aromatic carbocycles. The number of primary amides is 1. The number of unbranched alkanes of at least 4 members (excludes halogenated alkanes) is 1. The largest absolute Gasteiger partial charge is 0.368 e. The van der Waals surface area contributed by atoms with Gasteiger partial charge in [0.25, 0.3) is 0 Å². The Bertz CT molecular complexity index is 906. The van der Waals surface area contributed by atoms with Crippen LogP contribution in [0, 0.1) is 5.92 Å². The summed E-state index contributed by atoms with van der Waals surface area (Å²) in [5, 5.41) is 2.92. The van der Waals surface area contributed by atoms with E-state index in [4.69, 9.17) is 5.73 Å². The number of imidazole rings is 1. The molecule has 0 aliphatic carbocycles. The van der Waals surface area contributed by atoms with Crippen molar-refractivity contribution in [3.63, 3.8) is 0 Å². The number of aromatic amines is 1. The van der Waals surface area contributed by atoms with Crippen LogP contribution in [0.4, 0.5) is 0 Å². The SMILES string of the molecule is C=II.CCCCC(CC)CN1Cc2ccccc2C[C@H]1C(=O)N[C@H](Cc1cnc[nH]1)C(N)=O. The zero-order chi connectivity index (χ0) is 24.9. The summed E-state index contributed by atoms with van der Waals surface area (Å²) in [6, 6.07) is 7.23. The van der Waals surface area contributed by atoms with E-state index in [0.29, 0.717) is 35.5 Å². The fourth-order valence-electron chi connectivity index (χ4n) is 4.38. The molecule has 4 N–H and O–H groups in total. The second kappa shape index (κ2) is 15.6. The predicted molar refractivity (Wildman–Crippen MR) is 156 cm³/mol. The average Bonchev–Trinajstić information content (AvgIpc) is 3.34. The molecule has 2 heterocycles. The van der Waals surface area contributed by atoms with Crippen molar-refractivity contribution in [3.8, 4) is 0 Å². The summed E-state index contributed by atoms with van der Waals surface area (Å²) >= 11 is 2.60. The highest BCUT2D eigenvalue weighted by molar-refractivity contribution is 15.0. The highest BCUT2D eigenvalue weighted by atomic mass is 128. The van der Waals surface area contributed by atoms with Crippen molar-refractivity contribution in [3.05, 3.63) is 53.6 Å². The number of fused-ring (bicyclic) bond motifs is 1. The first-order chi connectivity index (χ1) is 16.4. The second-order valence-electron chi connectivity index (χ2n) is 8.68. The molecule has 188 valence electrons. The first-order valence-electron chi connectivity index (χ1n) is 11.8. The maximum absolute atomic E-state index is 13.4. The maximum atomic E-state index is 13.4. The minimum atomic E-state index is -0.769. The van der Waals surface area contributed by atoms with Crippen LogP contribution in [-0.4, -0.2) is 49.8 Å². The fourth-order valence-corrected chi connectivity index (χ4v) is 4.38. The Morgan fingerprint density at radius 2 is 2.06 bits per heavy atom. The van der Waals surface area contributed by atoms with E-state index in [0.717, 1.165) is 25.2 Å². The number of nitrogens with zero attached hydrogens (tertiary/aromatic N) is 2. The number of hydrogen-bond acceptors (Lipinski definition) is 4. The standard InChI is InChI=1S/C24H35N5O2.CH2I2/c1-3-5-8-17(4-2)14-29-15-19-10-7-6-9-18(19)11-22(29)24(31)28-21(23(25)30)12-20-13-26-16-27-20;1-3-2/h6-7,9-10,13,16-17,21-22H,3-5,8,11-12,14-15H2,1-2H3,(H2,25,30)(H,26,27)(H,28,31);1H2/t17?,21-,22+;/m1./s1. The summed E-state index contributed by atoms with van der Waals surface area (Å²) in [5.74, 6) is -0.124. The number of halogens is 2. The van der Waals surface area contributed by atoms with E-state index < -0.39 is 11.9 Å². The van der Waals surface area contributed by atoms with Crippen LogP contribution in [0.1, 0.15) is 56.4 Å². The topological polar surface area (TPSA) is 104 Å². The lowest BCUT2D eigenvalue weighted by Crippen LogP contribution is -2.56. The van der Waals surface area contributed by atoms with Gasteiger partial charge in [0, 0.05) is 31.4 Å². The molecular weight excluding hydrogens is 656 g/mol. The van der Waals surface area contributed by atoms with Crippen LogP contribution in [0.15, 0.2) is 36.8 Å². The third kappa shape index (κ3) is 9.03. The Kier molecular flexibility index (Phi) is 13.3. The van der Waals surface area contributed by atoms with Gasteiger partial charge in [-0.3, -0.25) is 14.5 Å². The van der Waals surface area contributed by atoms with E-state index in [9.17, 15) is 9.59 Å². The molecule has 0 saturated heterocycles. The van der Waals surface area contributed by atoms with E-state index in [1.165, 1.54) is 30.4 Å². The molecule has 34 heavy (non-hydrogen) atoms. The number of amides is 2. The van der Waals surface area contributed by atoms with Gasteiger partial charge in [0.1, 0.15) is 6.04 Å². The lowest BCUT2D eigenvalue weighted by atomic mass is 9.90. The van der Waals surface area contributed by atoms with E-state index >= 15 is 0 Å². The Hall–Kier alpha value is -1.34. The summed E-state index contributed by atoms with van der Waals surface area (Å²) in [4.78, 5) is 34.6. The molecule has 1 aliphatic heterocycles. The Morgan fingerprint density at radius 3 is 2.65 bits per heavy atom. The van der Waals surface area contributed by atoms with Gasteiger partial charge >= 0.3 is 0 Å². The highest BCUT2D eigenvalue weighted by Gasteiger charge is 2.34. The Labute approximate surface area is 223 Å². The first-order valence-corrected chi connectivity index (χ1v) is 19.6. The summed E-state index contributed by atoms with van der Waals surface area (Å²) in [6.45, 7) is 6.06. The third-order valence-corrected chi connectivity index (χ3v) is 6.32. The lowest BCUT2D eigenvalue weighted by Gasteiger charge is -2.38. The van der Waals surface area contributed by atoms with E-state index in [1.807, 2.05) is 6.07 Å². The molecule has 2 amide bonds. The number of rotatable bonds is 11. The van der Waals surface area contributed by atoms with E-state index in [1.54, 1.807) is 12.5 Å². The smallest absolute Gasteiger partial charge is 0.240 e. The molecule has 2 aromatic rings. The van der Waals surface area contributed by atoms with E-state index in [-0.39, 0.29) is 11.9 Å². The molecule has 0 radical (unpaired) electrons. The number of hydrogen-bond donors (Lipinski definition) is 3.